The van der Waals surface area contributed by atoms with E-state index in [0.717, 1.165) is 16.8 Å². The lowest BCUT2D eigenvalue weighted by molar-refractivity contribution is -0.118. The number of fused-ring (bicyclic) bond motifs is 1. The van der Waals surface area contributed by atoms with Gasteiger partial charge in [0.2, 0.25) is 21.8 Å². The topological polar surface area (TPSA) is 95.6 Å². The van der Waals surface area contributed by atoms with Gasteiger partial charge in [0, 0.05) is 24.3 Å². The van der Waals surface area contributed by atoms with Gasteiger partial charge in [-0.05, 0) is 67.6 Å². The smallest absolute Gasteiger partial charge is 0.242 e. The summed E-state index contributed by atoms with van der Waals surface area (Å²) in [5, 5.41) is 2.79. The molecule has 8 heteroatoms. The molecule has 0 aromatic heterocycles. The van der Waals surface area contributed by atoms with E-state index in [9.17, 15) is 18.0 Å². The molecule has 1 aliphatic rings. The maximum absolute atomic E-state index is 13.1. The number of benzene rings is 2. The number of sulfonamides is 1. The maximum Gasteiger partial charge on any atom is 0.242 e. The lowest BCUT2D eigenvalue weighted by atomic mass is 10.0. The average molecular weight is 444 g/mol. The van der Waals surface area contributed by atoms with Crippen LogP contribution in [0.1, 0.15) is 38.8 Å². The van der Waals surface area contributed by atoms with E-state index < -0.39 is 22.0 Å². The van der Waals surface area contributed by atoms with E-state index in [1.165, 1.54) is 13.0 Å². The lowest BCUT2D eigenvalue weighted by Gasteiger charge is -2.22. The van der Waals surface area contributed by atoms with Gasteiger partial charge >= 0.3 is 0 Å². The van der Waals surface area contributed by atoms with Crippen LogP contribution in [0.15, 0.2) is 47.4 Å². The number of anilines is 2. The van der Waals surface area contributed by atoms with Crippen LogP contribution in [0.5, 0.6) is 0 Å². The van der Waals surface area contributed by atoms with E-state index in [0.29, 0.717) is 12.1 Å². The number of carbonyl (C=O) groups excluding carboxylic acids is 2. The van der Waals surface area contributed by atoms with Crippen LogP contribution < -0.4 is 14.9 Å². The minimum absolute atomic E-state index is 0.0260. The van der Waals surface area contributed by atoms with Gasteiger partial charge in [0.05, 0.1) is 4.90 Å². The van der Waals surface area contributed by atoms with Crippen molar-refractivity contribution < 1.29 is 18.0 Å². The molecule has 2 amide bonds. The lowest BCUT2D eigenvalue weighted by Crippen LogP contribution is -2.47. The van der Waals surface area contributed by atoms with Crippen molar-refractivity contribution in [3.05, 3.63) is 53.6 Å². The Labute approximate surface area is 183 Å². The van der Waals surface area contributed by atoms with E-state index in [1.54, 1.807) is 36.9 Å². The van der Waals surface area contributed by atoms with Crippen LogP contribution in [0.3, 0.4) is 0 Å². The van der Waals surface area contributed by atoms with Gasteiger partial charge in [-0.15, -0.1) is 0 Å². The zero-order chi connectivity index (χ0) is 22.9. The van der Waals surface area contributed by atoms with Crippen molar-refractivity contribution in [3.8, 4) is 0 Å². The van der Waals surface area contributed by atoms with Gasteiger partial charge in [0.1, 0.15) is 6.04 Å². The van der Waals surface area contributed by atoms with E-state index >= 15 is 0 Å². The number of hydrogen-bond donors (Lipinski definition) is 2. The Morgan fingerprint density at radius 1 is 1.13 bits per heavy atom. The molecule has 0 bridgehead atoms. The van der Waals surface area contributed by atoms with Crippen LogP contribution in [0, 0.1) is 12.8 Å². The third-order valence-corrected chi connectivity index (χ3v) is 6.87. The summed E-state index contributed by atoms with van der Waals surface area (Å²) in [6.07, 6.45) is 0.583. The summed E-state index contributed by atoms with van der Waals surface area (Å²) in [5.41, 5.74) is 3.14. The molecule has 31 heavy (non-hydrogen) atoms. The standard InChI is InChI=1S/C23H29N3O4S/c1-14(2)22(23(28)24-19-8-6-7-15(3)11-19)25-31(29,30)20-9-10-21-18(13-20)12-16(4)26(21)17(5)27/h6-11,13-14,16,22,25H,12H2,1-5H3,(H,24,28)/t16-,22+/m0/s1. The van der Waals surface area contributed by atoms with E-state index in [4.69, 9.17) is 0 Å². The highest BCUT2D eigenvalue weighted by atomic mass is 32.2. The van der Waals surface area contributed by atoms with Gasteiger partial charge in [0.15, 0.2) is 0 Å². The number of carbonyl (C=O) groups is 2. The van der Waals surface area contributed by atoms with E-state index in [2.05, 4.69) is 10.0 Å². The van der Waals surface area contributed by atoms with Crippen molar-refractivity contribution in [3.63, 3.8) is 0 Å². The highest BCUT2D eigenvalue weighted by Gasteiger charge is 2.32. The molecule has 0 unspecified atom stereocenters. The first-order valence-corrected chi connectivity index (χ1v) is 11.8. The van der Waals surface area contributed by atoms with Gasteiger partial charge in [-0.1, -0.05) is 26.0 Å². The Bertz CT molecular complexity index is 1110. The molecule has 0 saturated heterocycles. The summed E-state index contributed by atoms with van der Waals surface area (Å²) in [6, 6.07) is 11.1. The molecular formula is C23H29N3O4S. The zero-order valence-electron chi connectivity index (χ0n) is 18.5. The highest BCUT2D eigenvalue weighted by molar-refractivity contribution is 7.89. The number of rotatable bonds is 6. The van der Waals surface area contributed by atoms with Gasteiger partial charge < -0.3 is 10.2 Å². The van der Waals surface area contributed by atoms with Crippen LogP contribution in [0.4, 0.5) is 11.4 Å². The van der Waals surface area contributed by atoms with Crippen LogP contribution in [-0.2, 0) is 26.0 Å². The van der Waals surface area contributed by atoms with Crippen molar-refractivity contribution in [2.24, 2.45) is 5.92 Å². The first-order chi connectivity index (χ1) is 14.5. The average Bonchev–Trinajstić information content (AvgIpc) is 3.00. The summed E-state index contributed by atoms with van der Waals surface area (Å²) < 4.78 is 28.7. The van der Waals surface area contributed by atoms with E-state index in [-0.39, 0.29) is 22.8 Å². The molecule has 2 aromatic carbocycles. The molecule has 1 aliphatic heterocycles. The summed E-state index contributed by atoms with van der Waals surface area (Å²) in [6.45, 7) is 8.92. The predicted octanol–water partition coefficient (Wildman–Crippen LogP) is 3.23. The molecule has 0 saturated carbocycles. The molecule has 2 atom stereocenters. The molecule has 0 spiro atoms. The largest absolute Gasteiger partial charge is 0.325 e. The highest BCUT2D eigenvalue weighted by Crippen LogP contribution is 2.34. The summed E-state index contributed by atoms with van der Waals surface area (Å²) in [7, 11) is -3.94. The third-order valence-electron chi connectivity index (χ3n) is 5.43. The Kier molecular flexibility index (Phi) is 6.52. The predicted molar refractivity (Wildman–Crippen MR) is 122 cm³/mol. The SMILES string of the molecule is CC(=O)N1c2ccc(S(=O)(=O)N[C@@H](C(=O)Nc3cccc(C)c3)C(C)C)cc2C[C@@H]1C. The quantitative estimate of drug-likeness (QED) is 0.716. The fourth-order valence-corrected chi connectivity index (χ4v) is 5.32. The molecule has 1 heterocycles. The van der Waals surface area contributed by atoms with Crippen LogP contribution >= 0.6 is 0 Å². The molecule has 3 rings (SSSR count). The minimum atomic E-state index is -3.94. The second-order valence-corrected chi connectivity index (χ2v) is 10.1. The van der Waals surface area contributed by atoms with Gasteiger partial charge in [-0.3, -0.25) is 9.59 Å². The second kappa shape index (κ2) is 8.80. The molecule has 0 aliphatic carbocycles. The van der Waals surface area contributed by atoms with Crippen molar-refractivity contribution in [2.75, 3.05) is 10.2 Å². The first kappa shape index (κ1) is 23.0. The normalized spacial score (nSPS) is 16.8. The molecule has 0 fully saturated rings. The summed E-state index contributed by atoms with van der Waals surface area (Å²) >= 11 is 0. The summed E-state index contributed by atoms with van der Waals surface area (Å²) in [4.78, 5) is 26.5. The summed E-state index contributed by atoms with van der Waals surface area (Å²) in [5.74, 6) is -0.753. The monoisotopic (exact) mass is 443 g/mol. The Morgan fingerprint density at radius 2 is 1.84 bits per heavy atom. The number of amides is 2. The molecule has 0 radical (unpaired) electrons. The Hall–Kier alpha value is -2.71. The van der Waals surface area contributed by atoms with Crippen LogP contribution in [0.25, 0.3) is 0 Å². The van der Waals surface area contributed by atoms with Gasteiger partial charge in [-0.2, -0.15) is 4.72 Å². The zero-order valence-corrected chi connectivity index (χ0v) is 19.3. The molecular weight excluding hydrogens is 414 g/mol. The van der Waals surface area contributed by atoms with Gasteiger partial charge in [-0.25, -0.2) is 8.42 Å². The fraction of sp³-hybridized carbons (Fsp3) is 0.391. The fourth-order valence-electron chi connectivity index (χ4n) is 3.92. The van der Waals surface area contributed by atoms with Crippen molar-refractivity contribution in [1.82, 2.24) is 4.72 Å². The van der Waals surface area contributed by atoms with E-state index in [1.807, 2.05) is 32.0 Å². The Balaban J connectivity index is 1.83. The number of aryl methyl sites for hydroxylation is 1. The molecule has 7 nitrogen and oxygen atoms in total. The van der Waals surface area contributed by atoms with Crippen LogP contribution in [0.2, 0.25) is 0 Å². The Morgan fingerprint density at radius 3 is 2.45 bits per heavy atom. The van der Waals surface area contributed by atoms with Crippen molar-refractivity contribution >= 4 is 33.2 Å². The number of nitrogens with zero attached hydrogens (tertiary/aromatic N) is 1. The van der Waals surface area contributed by atoms with Gasteiger partial charge in [0.25, 0.3) is 0 Å². The number of hydrogen-bond acceptors (Lipinski definition) is 4. The van der Waals surface area contributed by atoms with Crippen LogP contribution in [-0.4, -0.2) is 32.3 Å². The second-order valence-electron chi connectivity index (χ2n) is 8.43. The first-order valence-electron chi connectivity index (χ1n) is 10.3. The molecule has 2 N–H and O–H groups in total. The van der Waals surface area contributed by atoms with Crippen molar-refractivity contribution in [2.45, 2.75) is 58.0 Å². The number of nitrogens with one attached hydrogen (secondary N) is 2. The minimum Gasteiger partial charge on any atom is -0.325 e. The van der Waals surface area contributed by atoms with Crippen molar-refractivity contribution in [1.29, 1.82) is 0 Å². The maximum atomic E-state index is 13.1. The molecule has 2 aromatic rings. The third kappa shape index (κ3) is 4.97. The molecule has 166 valence electrons.